The minimum absolute atomic E-state index is 0.201. The van der Waals surface area contributed by atoms with E-state index in [-0.39, 0.29) is 12.6 Å². The number of halogens is 2. The van der Waals surface area contributed by atoms with Crippen LogP contribution < -0.4 is 10.6 Å². The number of rotatable bonds is 7. The summed E-state index contributed by atoms with van der Waals surface area (Å²) in [6.07, 6.45) is 0. The molecule has 0 spiro atoms. The molecular weight excluding hydrogens is 429 g/mol. The van der Waals surface area contributed by atoms with Gasteiger partial charge in [0, 0.05) is 17.3 Å². The van der Waals surface area contributed by atoms with Gasteiger partial charge in [-0.3, -0.25) is 4.57 Å². The summed E-state index contributed by atoms with van der Waals surface area (Å²) < 4.78 is 1.84. The average Bonchev–Trinajstić information content (AvgIpc) is 3.10. The number of aromatic nitrogens is 3. The van der Waals surface area contributed by atoms with Crippen LogP contribution in [0.1, 0.15) is 23.9 Å². The Morgan fingerprint density at radius 1 is 1.14 bits per heavy atom. The topological polar surface area (TPSA) is 71.8 Å². The Kier molecular flexibility index (Phi) is 7.41. The van der Waals surface area contributed by atoms with E-state index in [1.165, 1.54) is 11.1 Å². The van der Waals surface area contributed by atoms with Crippen LogP contribution in [0.2, 0.25) is 10.0 Å². The lowest BCUT2D eigenvalue weighted by Gasteiger charge is -2.13. The molecule has 0 atom stereocenters. The third kappa shape index (κ3) is 5.44. The van der Waals surface area contributed by atoms with Crippen LogP contribution in [0.15, 0.2) is 47.6 Å². The number of nitrogens with one attached hydrogen (secondary N) is 2. The Balaban J connectivity index is 1.92. The van der Waals surface area contributed by atoms with Gasteiger partial charge in [-0.2, -0.15) is 0 Å². The van der Waals surface area contributed by atoms with Gasteiger partial charge < -0.3 is 10.6 Å². The molecule has 0 radical (unpaired) electrons. The van der Waals surface area contributed by atoms with Gasteiger partial charge in [0.1, 0.15) is 0 Å². The van der Waals surface area contributed by atoms with Crippen LogP contribution in [-0.4, -0.2) is 27.3 Å². The van der Waals surface area contributed by atoms with Crippen molar-refractivity contribution in [2.24, 2.45) is 0 Å². The molecule has 2 N–H and O–H groups in total. The third-order valence-electron chi connectivity index (χ3n) is 4.21. The summed E-state index contributed by atoms with van der Waals surface area (Å²) in [7, 11) is 0. The first-order valence-corrected chi connectivity index (χ1v) is 10.8. The summed E-state index contributed by atoms with van der Waals surface area (Å²) >= 11 is 14.2. The number of hydrogen-bond donors (Lipinski definition) is 2. The van der Waals surface area contributed by atoms with Crippen LogP contribution >= 0.6 is 35.0 Å². The fourth-order valence-corrected chi connectivity index (χ4v) is 4.11. The summed E-state index contributed by atoms with van der Waals surface area (Å²) in [6, 6.07) is 13.2. The summed E-state index contributed by atoms with van der Waals surface area (Å²) in [5.74, 6) is 1.29. The zero-order chi connectivity index (χ0) is 20.8. The summed E-state index contributed by atoms with van der Waals surface area (Å²) in [5.41, 5.74) is 3.10. The zero-order valence-electron chi connectivity index (χ0n) is 16.1. The van der Waals surface area contributed by atoms with Crippen LogP contribution in [-0.2, 0) is 12.3 Å². The lowest BCUT2D eigenvalue weighted by atomic mass is 10.1. The highest BCUT2D eigenvalue weighted by atomic mass is 35.5. The lowest BCUT2D eigenvalue weighted by molar-refractivity contribution is 0.240. The molecule has 2 aromatic carbocycles. The summed E-state index contributed by atoms with van der Waals surface area (Å²) in [5, 5.41) is 15.8. The fraction of sp³-hybridized carbons (Fsp3) is 0.250. The molecule has 0 aliphatic heterocycles. The monoisotopic (exact) mass is 449 g/mol. The van der Waals surface area contributed by atoms with Gasteiger partial charge in [0.05, 0.1) is 17.3 Å². The molecule has 0 saturated carbocycles. The first-order valence-electron chi connectivity index (χ1n) is 9.08. The van der Waals surface area contributed by atoms with E-state index in [1.807, 2.05) is 23.6 Å². The molecule has 3 aromatic rings. The number of benzene rings is 2. The van der Waals surface area contributed by atoms with Crippen molar-refractivity contribution in [3.8, 4) is 5.69 Å². The molecular formula is C20H21Cl2N5OS. The Morgan fingerprint density at radius 2 is 1.93 bits per heavy atom. The lowest BCUT2D eigenvalue weighted by Crippen LogP contribution is -2.35. The van der Waals surface area contributed by atoms with E-state index >= 15 is 0 Å². The molecule has 2 amide bonds. The largest absolute Gasteiger partial charge is 0.338 e. The predicted octanol–water partition coefficient (Wildman–Crippen LogP) is 4.99. The van der Waals surface area contributed by atoms with Gasteiger partial charge in [-0.25, -0.2) is 4.79 Å². The Labute approximate surface area is 184 Å². The molecule has 29 heavy (non-hydrogen) atoms. The van der Waals surface area contributed by atoms with E-state index in [1.54, 1.807) is 30.0 Å². The molecule has 1 aromatic heterocycles. The number of nitrogens with zero attached hydrogens (tertiary/aromatic N) is 3. The van der Waals surface area contributed by atoms with Gasteiger partial charge in [0.25, 0.3) is 0 Å². The second-order valence-corrected chi connectivity index (χ2v) is 8.04. The Morgan fingerprint density at radius 3 is 2.69 bits per heavy atom. The number of carbonyl (C=O) groups is 1. The molecule has 0 saturated heterocycles. The van der Waals surface area contributed by atoms with Crippen molar-refractivity contribution in [2.75, 3.05) is 6.54 Å². The second-order valence-electron chi connectivity index (χ2n) is 6.26. The van der Waals surface area contributed by atoms with E-state index in [0.717, 1.165) is 5.75 Å². The van der Waals surface area contributed by atoms with Crippen molar-refractivity contribution in [1.82, 2.24) is 25.4 Å². The molecule has 0 aliphatic carbocycles. The molecule has 3 rings (SSSR count). The van der Waals surface area contributed by atoms with Crippen molar-refractivity contribution in [2.45, 2.75) is 31.3 Å². The van der Waals surface area contributed by atoms with Crippen molar-refractivity contribution in [1.29, 1.82) is 0 Å². The maximum atomic E-state index is 11.8. The van der Waals surface area contributed by atoms with Gasteiger partial charge in [-0.15, -0.1) is 10.2 Å². The van der Waals surface area contributed by atoms with Crippen molar-refractivity contribution < 1.29 is 4.79 Å². The van der Waals surface area contributed by atoms with Crippen LogP contribution in [0.5, 0.6) is 0 Å². The summed E-state index contributed by atoms with van der Waals surface area (Å²) in [4.78, 5) is 11.8. The highest BCUT2D eigenvalue weighted by Gasteiger charge is 2.18. The van der Waals surface area contributed by atoms with Crippen LogP contribution in [0.4, 0.5) is 4.79 Å². The molecule has 9 heteroatoms. The molecule has 152 valence electrons. The maximum absolute atomic E-state index is 11.8. The normalized spacial score (nSPS) is 10.8. The van der Waals surface area contributed by atoms with Gasteiger partial charge in [0.15, 0.2) is 11.0 Å². The van der Waals surface area contributed by atoms with E-state index in [0.29, 0.717) is 33.3 Å². The highest BCUT2D eigenvalue weighted by Crippen LogP contribution is 2.31. The van der Waals surface area contributed by atoms with E-state index < -0.39 is 0 Å². The number of urea groups is 1. The van der Waals surface area contributed by atoms with Crippen LogP contribution in [0.3, 0.4) is 0 Å². The minimum atomic E-state index is -0.270. The Hall–Kier alpha value is -2.22. The molecule has 0 unspecified atom stereocenters. The minimum Gasteiger partial charge on any atom is -0.338 e. The van der Waals surface area contributed by atoms with Crippen molar-refractivity contribution in [3.05, 3.63) is 69.5 Å². The SMILES string of the molecule is CCNC(=O)NCc1nnc(SCc2ccccc2C)n1-c1cc(Cl)ccc1Cl. The number of amides is 2. The fourth-order valence-electron chi connectivity index (χ4n) is 2.70. The second kappa shape index (κ2) is 10.0. The van der Waals surface area contributed by atoms with Gasteiger partial charge in [-0.1, -0.05) is 59.2 Å². The predicted molar refractivity (Wildman–Crippen MR) is 118 cm³/mol. The van der Waals surface area contributed by atoms with Crippen molar-refractivity contribution >= 4 is 41.0 Å². The first-order chi connectivity index (χ1) is 14.0. The highest BCUT2D eigenvalue weighted by molar-refractivity contribution is 7.98. The molecule has 0 fully saturated rings. The van der Waals surface area contributed by atoms with Gasteiger partial charge in [-0.05, 0) is 43.2 Å². The van der Waals surface area contributed by atoms with Crippen LogP contribution in [0, 0.1) is 6.92 Å². The van der Waals surface area contributed by atoms with E-state index in [2.05, 4.69) is 39.9 Å². The number of thioether (sulfide) groups is 1. The van der Waals surface area contributed by atoms with Gasteiger partial charge >= 0.3 is 6.03 Å². The standard InChI is InChI=1S/C20H21Cl2N5OS/c1-3-23-19(28)24-11-18-25-26-20(29-12-14-7-5-4-6-13(14)2)27(18)17-10-15(21)8-9-16(17)22/h4-10H,3,11-12H2,1-2H3,(H2,23,24,28). The zero-order valence-corrected chi connectivity index (χ0v) is 18.4. The summed E-state index contributed by atoms with van der Waals surface area (Å²) in [6.45, 7) is 4.67. The maximum Gasteiger partial charge on any atom is 0.315 e. The molecule has 0 bridgehead atoms. The number of carbonyl (C=O) groups excluding carboxylic acids is 1. The molecule has 6 nitrogen and oxygen atoms in total. The molecule has 1 heterocycles. The van der Waals surface area contributed by atoms with Crippen LogP contribution in [0.25, 0.3) is 5.69 Å². The Bertz CT molecular complexity index is 1010. The molecule has 0 aliphatic rings. The van der Waals surface area contributed by atoms with E-state index in [9.17, 15) is 4.79 Å². The first kappa shape index (κ1) is 21.5. The van der Waals surface area contributed by atoms with Crippen molar-refractivity contribution in [3.63, 3.8) is 0 Å². The van der Waals surface area contributed by atoms with E-state index in [4.69, 9.17) is 23.2 Å². The van der Waals surface area contributed by atoms with Gasteiger partial charge in [0.2, 0.25) is 0 Å². The third-order valence-corrected chi connectivity index (χ3v) is 5.74. The number of aryl methyl sites for hydroxylation is 1. The smallest absolute Gasteiger partial charge is 0.315 e. The number of hydrogen-bond acceptors (Lipinski definition) is 4. The average molecular weight is 450 g/mol. The quantitative estimate of drug-likeness (QED) is 0.498.